The third-order valence-electron chi connectivity index (χ3n) is 5.75. The molecule has 1 fully saturated rings. The van der Waals surface area contributed by atoms with E-state index >= 15 is 0 Å². The van der Waals surface area contributed by atoms with Gasteiger partial charge in [-0.05, 0) is 31.5 Å². The molecule has 9 nitrogen and oxygen atoms in total. The highest BCUT2D eigenvalue weighted by atomic mass is 32.2. The van der Waals surface area contributed by atoms with E-state index in [2.05, 4.69) is 5.32 Å². The SMILES string of the molecule is CCS(=O)(=O)N1CC(=O)N(c2cc(OC)cc(OC)c2)[C@](C)(C(=O)NCc2ccc(F)cc2)C1. The van der Waals surface area contributed by atoms with Crippen LogP contribution in [0.15, 0.2) is 42.5 Å². The van der Waals surface area contributed by atoms with Gasteiger partial charge in [0.25, 0.3) is 0 Å². The highest BCUT2D eigenvalue weighted by molar-refractivity contribution is 7.89. The number of ether oxygens (including phenoxy) is 2. The summed E-state index contributed by atoms with van der Waals surface area (Å²) in [5.74, 6) is -0.945. The van der Waals surface area contributed by atoms with Crippen molar-refractivity contribution in [1.82, 2.24) is 9.62 Å². The van der Waals surface area contributed by atoms with Crippen molar-refractivity contribution in [2.45, 2.75) is 25.9 Å². The molecule has 1 heterocycles. The van der Waals surface area contributed by atoms with Crippen LogP contribution in [0, 0.1) is 5.82 Å². The molecule has 1 N–H and O–H groups in total. The zero-order valence-corrected chi connectivity index (χ0v) is 20.3. The van der Waals surface area contributed by atoms with Gasteiger partial charge in [0, 0.05) is 31.3 Å². The molecule has 184 valence electrons. The maximum atomic E-state index is 13.5. The summed E-state index contributed by atoms with van der Waals surface area (Å²) in [5, 5.41) is 2.76. The van der Waals surface area contributed by atoms with Crippen molar-refractivity contribution in [3.63, 3.8) is 0 Å². The van der Waals surface area contributed by atoms with Gasteiger partial charge in [-0.15, -0.1) is 0 Å². The molecule has 11 heteroatoms. The molecular formula is C23H28FN3O6S. The van der Waals surface area contributed by atoms with E-state index in [-0.39, 0.29) is 18.8 Å². The number of methoxy groups -OCH3 is 2. The fourth-order valence-electron chi connectivity index (χ4n) is 3.84. The van der Waals surface area contributed by atoms with Gasteiger partial charge in [-0.25, -0.2) is 12.8 Å². The van der Waals surface area contributed by atoms with Crippen LogP contribution in [0.2, 0.25) is 0 Å². The van der Waals surface area contributed by atoms with Crippen LogP contribution in [0.25, 0.3) is 0 Å². The van der Waals surface area contributed by atoms with E-state index in [0.717, 1.165) is 4.31 Å². The summed E-state index contributed by atoms with van der Waals surface area (Å²) in [6, 6.07) is 10.4. The molecule has 2 aromatic carbocycles. The molecule has 0 spiro atoms. The van der Waals surface area contributed by atoms with Gasteiger partial charge in [0.1, 0.15) is 22.9 Å². The molecule has 0 unspecified atom stereocenters. The van der Waals surface area contributed by atoms with Gasteiger partial charge in [-0.2, -0.15) is 4.31 Å². The third-order valence-corrected chi connectivity index (χ3v) is 7.52. The maximum Gasteiger partial charge on any atom is 0.247 e. The van der Waals surface area contributed by atoms with Crippen molar-refractivity contribution in [1.29, 1.82) is 0 Å². The van der Waals surface area contributed by atoms with Crippen molar-refractivity contribution in [3.05, 3.63) is 53.8 Å². The van der Waals surface area contributed by atoms with Crippen molar-refractivity contribution in [2.24, 2.45) is 0 Å². The smallest absolute Gasteiger partial charge is 0.247 e. The summed E-state index contributed by atoms with van der Waals surface area (Å²) in [7, 11) is -0.829. The predicted molar refractivity (Wildman–Crippen MR) is 125 cm³/mol. The number of sulfonamides is 1. The van der Waals surface area contributed by atoms with E-state index in [0.29, 0.717) is 22.7 Å². The summed E-state index contributed by atoms with van der Waals surface area (Å²) in [4.78, 5) is 28.1. The van der Waals surface area contributed by atoms with Gasteiger partial charge in [0.2, 0.25) is 21.8 Å². The zero-order valence-electron chi connectivity index (χ0n) is 19.5. The number of halogens is 1. The Hall–Kier alpha value is -3.18. The number of anilines is 1. The highest BCUT2D eigenvalue weighted by Crippen LogP contribution is 2.35. The minimum atomic E-state index is -3.75. The van der Waals surface area contributed by atoms with Crippen molar-refractivity contribution >= 4 is 27.5 Å². The van der Waals surface area contributed by atoms with E-state index < -0.39 is 39.7 Å². The number of nitrogens with one attached hydrogen (secondary N) is 1. The summed E-state index contributed by atoms with van der Waals surface area (Å²) in [6.45, 7) is 2.40. The number of hydrogen-bond acceptors (Lipinski definition) is 6. The molecule has 0 radical (unpaired) electrons. The molecule has 0 aromatic heterocycles. The van der Waals surface area contributed by atoms with E-state index in [1.54, 1.807) is 18.2 Å². The number of benzene rings is 2. The monoisotopic (exact) mass is 493 g/mol. The average molecular weight is 494 g/mol. The largest absolute Gasteiger partial charge is 0.497 e. The molecular weight excluding hydrogens is 465 g/mol. The molecule has 3 rings (SSSR count). The Balaban J connectivity index is 2.02. The van der Waals surface area contributed by atoms with Gasteiger partial charge in [-0.1, -0.05) is 12.1 Å². The lowest BCUT2D eigenvalue weighted by Gasteiger charge is -2.46. The number of amides is 2. The second-order valence-corrected chi connectivity index (χ2v) is 10.3. The second kappa shape index (κ2) is 9.98. The summed E-state index contributed by atoms with van der Waals surface area (Å²) in [5.41, 5.74) is -0.614. The first-order valence-corrected chi connectivity index (χ1v) is 12.2. The highest BCUT2D eigenvalue weighted by Gasteiger charge is 2.50. The Kier molecular flexibility index (Phi) is 7.47. The molecule has 0 bridgehead atoms. The van der Waals surface area contributed by atoms with Crippen LogP contribution in [0.4, 0.5) is 10.1 Å². The topological polar surface area (TPSA) is 105 Å². The Labute approximate surface area is 198 Å². The quantitative estimate of drug-likeness (QED) is 0.603. The first-order chi connectivity index (χ1) is 16.0. The van der Waals surface area contributed by atoms with Crippen molar-refractivity contribution in [3.8, 4) is 11.5 Å². The lowest BCUT2D eigenvalue weighted by Crippen LogP contribution is -2.70. The predicted octanol–water partition coefficient (Wildman–Crippen LogP) is 1.92. The van der Waals surface area contributed by atoms with Crippen molar-refractivity contribution < 1.29 is 31.9 Å². The minimum absolute atomic E-state index is 0.0681. The molecule has 34 heavy (non-hydrogen) atoms. The maximum absolute atomic E-state index is 13.5. The Morgan fingerprint density at radius 3 is 2.24 bits per heavy atom. The number of carbonyl (C=O) groups is 2. The number of nitrogens with zero attached hydrogens (tertiary/aromatic N) is 2. The number of hydrogen-bond donors (Lipinski definition) is 1. The Bertz CT molecular complexity index is 1150. The first-order valence-electron chi connectivity index (χ1n) is 10.6. The van der Waals surface area contributed by atoms with Crippen LogP contribution in [0.3, 0.4) is 0 Å². The van der Waals surface area contributed by atoms with Crippen molar-refractivity contribution in [2.75, 3.05) is 38.0 Å². The third kappa shape index (κ3) is 5.15. The Morgan fingerprint density at radius 1 is 1.12 bits per heavy atom. The molecule has 1 atom stereocenters. The standard InChI is InChI=1S/C23H28FN3O6S/c1-5-34(30,31)26-14-21(28)27(18-10-19(32-3)12-20(11-18)33-4)23(2,15-26)22(29)25-13-16-6-8-17(24)9-7-16/h6-12H,5,13-15H2,1-4H3,(H,25,29)/t23-/m0/s1. The van der Waals surface area contributed by atoms with Crippen LogP contribution in [0.1, 0.15) is 19.4 Å². The number of piperazine rings is 1. The van der Waals surface area contributed by atoms with E-state index in [4.69, 9.17) is 9.47 Å². The van der Waals surface area contributed by atoms with Crippen LogP contribution < -0.4 is 19.7 Å². The fraction of sp³-hybridized carbons (Fsp3) is 0.391. The number of rotatable bonds is 8. The zero-order chi connectivity index (χ0) is 25.1. The normalized spacial score (nSPS) is 19.1. The average Bonchev–Trinajstić information content (AvgIpc) is 2.82. The first kappa shape index (κ1) is 25.4. The molecule has 2 amide bonds. The second-order valence-electron chi connectivity index (χ2n) is 8.05. The van der Waals surface area contributed by atoms with Gasteiger partial charge in [-0.3, -0.25) is 14.5 Å². The molecule has 1 aliphatic heterocycles. The van der Waals surface area contributed by atoms with Crippen LogP contribution in [-0.4, -0.2) is 63.1 Å². The van der Waals surface area contributed by atoms with Crippen LogP contribution in [-0.2, 0) is 26.2 Å². The number of carbonyl (C=O) groups excluding carboxylic acids is 2. The lowest BCUT2D eigenvalue weighted by molar-refractivity contribution is -0.133. The molecule has 0 aliphatic carbocycles. The summed E-state index contributed by atoms with van der Waals surface area (Å²) >= 11 is 0. The Morgan fingerprint density at radius 2 is 1.71 bits per heavy atom. The van der Waals surface area contributed by atoms with Crippen LogP contribution in [0.5, 0.6) is 11.5 Å². The van der Waals surface area contributed by atoms with E-state index in [9.17, 15) is 22.4 Å². The molecule has 2 aromatic rings. The molecule has 0 saturated carbocycles. The molecule has 1 aliphatic rings. The summed E-state index contributed by atoms with van der Waals surface area (Å²) < 4.78 is 50.1. The van der Waals surface area contributed by atoms with E-state index in [1.165, 1.54) is 57.2 Å². The summed E-state index contributed by atoms with van der Waals surface area (Å²) in [6.07, 6.45) is 0. The van der Waals surface area contributed by atoms with Gasteiger partial charge in [0.05, 0.1) is 32.2 Å². The van der Waals surface area contributed by atoms with Gasteiger partial charge in [0.15, 0.2) is 0 Å². The lowest BCUT2D eigenvalue weighted by atomic mass is 9.94. The minimum Gasteiger partial charge on any atom is -0.497 e. The van der Waals surface area contributed by atoms with E-state index in [1.807, 2.05) is 0 Å². The van der Waals surface area contributed by atoms with Gasteiger partial charge >= 0.3 is 0 Å². The van der Waals surface area contributed by atoms with Gasteiger partial charge < -0.3 is 14.8 Å². The molecule has 1 saturated heterocycles. The fourth-order valence-corrected chi connectivity index (χ4v) is 4.97. The van der Waals surface area contributed by atoms with Crippen LogP contribution >= 0.6 is 0 Å².